The van der Waals surface area contributed by atoms with E-state index in [0.29, 0.717) is 9.90 Å². The van der Waals surface area contributed by atoms with Gasteiger partial charge in [0.25, 0.3) is 0 Å². The Balaban J connectivity index is 1.48. The highest BCUT2D eigenvalue weighted by Gasteiger charge is 2.29. The van der Waals surface area contributed by atoms with Gasteiger partial charge in [0, 0.05) is 11.5 Å². The minimum absolute atomic E-state index is 0.0594. The number of rotatable bonds is 6. The van der Waals surface area contributed by atoms with E-state index in [4.69, 9.17) is 16.3 Å². The van der Waals surface area contributed by atoms with Crippen molar-refractivity contribution in [3.05, 3.63) is 81.0 Å². The Morgan fingerprint density at radius 2 is 1.69 bits per heavy atom. The van der Waals surface area contributed by atoms with E-state index in [0.717, 1.165) is 22.3 Å². The molecule has 0 spiro atoms. The fourth-order valence-corrected chi connectivity index (χ4v) is 4.78. The van der Waals surface area contributed by atoms with Crippen LogP contribution < -0.4 is 5.32 Å². The number of nitrogens with one attached hydrogen (secondary N) is 1. The van der Waals surface area contributed by atoms with E-state index >= 15 is 0 Å². The maximum absolute atomic E-state index is 12.5. The van der Waals surface area contributed by atoms with Crippen LogP contribution in [0.25, 0.3) is 11.1 Å². The normalized spacial score (nSPS) is 13.4. The molecule has 0 bridgehead atoms. The van der Waals surface area contributed by atoms with Crippen LogP contribution in [-0.4, -0.2) is 23.8 Å². The van der Waals surface area contributed by atoms with Crippen molar-refractivity contribution >= 4 is 35.0 Å². The van der Waals surface area contributed by atoms with Crippen LogP contribution in [0, 0.1) is 0 Å². The fourth-order valence-electron chi connectivity index (χ4n) is 3.75. The number of hydrogen-bond acceptors (Lipinski definition) is 4. The van der Waals surface area contributed by atoms with Crippen molar-refractivity contribution in [3.63, 3.8) is 0 Å². The molecule has 4 rings (SSSR count). The maximum atomic E-state index is 12.5. The van der Waals surface area contributed by atoms with E-state index in [1.54, 1.807) is 11.4 Å². The Hall–Kier alpha value is -2.83. The van der Waals surface area contributed by atoms with Gasteiger partial charge in [-0.1, -0.05) is 60.1 Å². The molecular formula is C22H18ClNO4S. The van der Waals surface area contributed by atoms with E-state index in [1.165, 1.54) is 11.3 Å². The Bertz CT molecular complexity index is 1020. The summed E-state index contributed by atoms with van der Waals surface area (Å²) in [5, 5.41) is 13.6. The molecule has 1 aliphatic rings. The molecule has 0 aliphatic heterocycles. The van der Waals surface area contributed by atoms with E-state index < -0.39 is 18.1 Å². The number of carboxylic acids is 1. The molecule has 1 aliphatic carbocycles. The lowest BCUT2D eigenvalue weighted by molar-refractivity contribution is -0.137. The number of carbonyl (C=O) groups excluding carboxylic acids is 1. The summed E-state index contributed by atoms with van der Waals surface area (Å²) in [6.07, 6.45) is -0.943. The van der Waals surface area contributed by atoms with Crippen LogP contribution in [0.4, 0.5) is 4.79 Å². The SMILES string of the molecule is O=C(O)CC(NC(=O)OCC1c2ccccc2-c2ccccc21)c1ccsc1Cl. The number of thiophene rings is 1. The molecular weight excluding hydrogens is 410 g/mol. The van der Waals surface area contributed by atoms with Crippen LogP contribution in [0.3, 0.4) is 0 Å². The number of fused-ring (bicyclic) bond motifs is 3. The quantitative estimate of drug-likeness (QED) is 0.548. The molecule has 0 fully saturated rings. The first kappa shape index (κ1) is 19.5. The minimum Gasteiger partial charge on any atom is -0.481 e. The van der Waals surface area contributed by atoms with Gasteiger partial charge in [0.2, 0.25) is 0 Å². The smallest absolute Gasteiger partial charge is 0.407 e. The average Bonchev–Trinajstić information content (AvgIpc) is 3.27. The maximum Gasteiger partial charge on any atom is 0.407 e. The standard InChI is InChI=1S/C22H18ClNO4S/c23-21-17(9-10-29-21)19(11-20(25)26)24-22(27)28-12-18-15-7-3-1-5-13(15)14-6-2-4-8-16(14)18/h1-10,18-19H,11-12H2,(H,24,27)(H,25,26). The molecule has 0 radical (unpaired) electrons. The predicted molar refractivity (Wildman–Crippen MR) is 113 cm³/mol. The van der Waals surface area contributed by atoms with E-state index in [-0.39, 0.29) is 18.9 Å². The number of carboxylic acid groups (broad SMARTS) is 1. The first-order valence-electron chi connectivity index (χ1n) is 9.10. The van der Waals surface area contributed by atoms with Gasteiger partial charge in [0.15, 0.2) is 0 Å². The molecule has 3 aromatic rings. The van der Waals surface area contributed by atoms with Crippen LogP contribution in [0.5, 0.6) is 0 Å². The van der Waals surface area contributed by atoms with Crippen LogP contribution in [0.2, 0.25) is 4.34 Å². The summed E-state index contributed by atoms with van der Waals surface area (Å²) in [5.41, 5.74) is 5.10. The molecule has 1 unspecified atom stereocenters. The second-order valence-corrected chi connectivity index (χ2v) is 8.29. The van der Waals surface area contributed by atoms with Crippen molar-refractivity contribution in [2.75, 3.05) is 6.61 Å². The van der Waals surface area contributed by atoms with Crippen molar-refractivity contribution in [2.24, 2.45) is 0 Å². The Labute approximate surface area is 176 Å². The highest BCUT2D eigenvalue weighted by atomic mass is 35.5. The third kappa shape index (κ3) is 3.99. The number of benzene rings is 2. The van der Waals surface area contributed by atoms with Crippen LogP contribution in [0.1, 0.15) is 35.1 Å². The molecule has 0 saturated carbocycles. The molecule has 148 valence electrons. The summed E-state index contributed by atoms with van der Waals surface area (Å²) in [6.45, 7) is 0.164. The van der Waals surface area contributed by atoms with Gasteiger partial charge in [-0.15, -0.1) is 11.3 Å². The average molecular weight is 428 g/mol. The lowest BCUT2D eigenvalue weighted by Crippen LogP contribution is -2.31. The molecule has 5 nitrogen and oxygen atoms in total. The van der Waals surface area contributed by atoms with Gasteiger partial charge in [0.05, 0.1) is 16.8 Å². The molecule has 2 aromatic carbocycles. The van der Waals surface area contributed by atoms with E-state index in [9.17, 15) is 14.7 Å². The van der Waals surface area contributed by atoms with Gasteiger partial charge in [-0.3, -0.25) is 4.79 Å². The molecule has 0 saturated heterocycles. The Kier molecular flexibility index (Phi) is 5.56. The Morgan fingerprint density at radius 3 is 2.24 bits per heavy atom. The summed E-state index contributed by atoms with van der Waals surface area (Å²) in [6, 6.07) is 17.1. The lowest BCUT2D eigenvalue weighted by Gasteiger charge is -2.18. The van der Waals surface area contributed by atoms with E-state index in [1.807, 2.05) is 36.4 Å². The largest absolute Gasteiger partial charge is 0.481 e. The van der Waals surface area contributed by atoms with Crippen LogP contribution in [0.15, 0.2) is 60.0 Å². The number of hydrogen-bond donors (Lipinski definition) is 2. The highest BCUT2D eigenvalue weighted by Crippen LogP contribution is 2.44. The zero-order valence-electron chi connectivity index (χ0n) is 15.3. The van der Waals surface area contributed by atoms with Gasteiger partial charge in [-0.2, -0.15) is 0 Å². The summed E-state index contributed by atoms with van der Waals surface area (Å²) in [4.78, 5) is 23.7. The third-order valence-electron chi connectivity index (χ3n) is 5.04. The van der Waals surface area contributed by atoms with Gasteiger partial charge >= 0.3 is 12.1 Å². The van der Waals surface area contributed by atoms with Crippen molar-refractivity contribution in [1.29, 1.82) is 0 Å². The third-order valence-corrected chi connectivity index (χ3v) is 6.24. The number of carbonyl (C=O) groups is 2. The van der Waals surface area contributed by atoms with Gasteiger partial charge in [0.1, 0.15) is 6.61 Å². The number of alkyl carbamates (subject to hydrolysis) is 1. The van der Waals surface area contributed by atoms with Gasteiger partial charge in [-0.25, -0.2) is 4.79 Å². The second kappa shape index (κ2) is 8.27. The Morgan fingerprint density at radius 1 is 1.07 bits per heavy atom. The molecule has 1 aromatic heterocycles. The zero-order valence-corrected chi connectivity index (χ0v) is 16.9. The topological polar surface area (TPSA) is 75.6 Å². The van der Waals surface area contributed by atoms with Gasteiger partial charge < -0.3 is 15.2 Å². The monoisotopic (exact) mass is 427 g/mol. The van der Waals surface area contributed by atoms with Crippen LogP contribution in [-0.2, 0) is 9.53 Å². The predicted octanol–water partition coefficient (Wildman–Crippen LogP) is 5.46. The minimum atomic E-state index is -1.03. The molecule has 2 N–H and O–H groups in total. The first-order valence-corrected chi connectivity index (χ1v) is 10.4. The van der Waals surface area contributed by atoms with Crippen molar-refractivity contribution in [2.45, 2.75) is 18.4 Å². The summed E-state index contributed by atoms with van der Waals surface area (Å²) >= 11 is 7.41. The number of amides is 1. The number of halogens is 1. The summed E-state index contributed by atoms with van der Waals surface area (Å²) < 4.78 is 5.96. The first-order chi connectivity index (χ1) is 14.0. The summed E-state index contributed by atoms with van der Waals surface area (Å²) in [5.74, 6) is -1.09. The molecule has 1 heterocycles. The summed E-state index contributed by atoms with van der Waals surface area (Å²) in [7, 11) is 0. The van der Waals surface area contributed by atoms with Crippen molar-refractivity contribution < 1.29 is 19.4 Å². The highest BCUT2D eigenvalue weighted by molar-refractivity contribution is 7.14. The fraction of sp³-hybridized carbons (Fsp3) is 0.182. The second-order valence-electron chi connectivity index (χ2n) is 6.77. The van der Waals surface area contributed by atoms with Gasteiger partial charge in [-0.05, 0) is 33.7 Å². The molecule has 7 heteroatoms. The lowest BCUT2D eigenvalue weighted by atomic mass is 9.98. The molecule has 29 heavy (non-hydrogen) atoms. The molecule has 1 amide bonds. The van der Waals surface area contributed by atoms with E-state index in [2.05, 4.69) is 17.4 Å². The van der Waals surface area contributed by atoms with Crippen molar-refractivity contribution in [3.8, 4) is 11.1 Å². The molecule has 1 atom stereocenters. The number of ether oxygens (including phenoxy) is 1. The zero-order chi connectivity index (χ0) is 20.4. The number of aliphatic carboxylic acids is 1. The van der Waals surface area contributed by atoms with Crippen molar-refractivity contribution in [1.82, 2.24) is 5.32 Å². The van der Waals surface area contributed by atoms with Crippen LogP contribution >= 0.6 is 22.9 Å².